The first kappa shape index (κ1) is 13.8. The molecule has 0 unspecified atom stereocenters. The number of nitrogens with zero attached hydrogens (tertiary/aromatic N) is 1. The molecule has 0 amide bonds. The Bertz CT molecular complexity index is 514. The second-order valence-electron chi connectivity index (χ2n) is 4.04. The third-order valence-electron chi connectivity index (χ3n) is 2.58. The minimum atomic E-state index is 0.625. The van der Waals surface area contributed by atoms with E-state index in [1.165, 1.54) is 0 Å². The molecule has 19 heavy (non-hydrogen) atoms. The zero-order chi connectivity index (χ0) is 13.5. The Kier molecular flexibility index (Phi) is 5.18. The van der Waals surface area contributed by atoms with E-state index in [0.717, 1.165) is 35.2 Å². The minimum Gasteiger partial charge on any atom is -0.497 e. The first-order valence-electron chi connectivity index (χ1n) is 6.16. The maximum Gasteiger partial charge on any atom is 0.123 e. The first-order valence-corrected chi connectivity index (χ1v) is 7.04. The van der Waals surface area contributed by atoms with Gasteiger partial charge in [0.25, 0.3) is 0 Å². The molecule has 1 aromatic heterocycles. The molecule has 1 heterocycles. The molecule has 102 valence electrons. The van der Waals surface area contributed by atoms with Crippen LogP contribution in [-0.2, 0) is 13.0 Å². The molecule has 0 aliphatic carbocycles. The lowest BCUT2D eigenvalue weighted by molar-refractivity contribution is 0.318. The van der Waals surface area contributed by atoms with E-state index in [0.29, 0.717) is 6.61 Å². The average molecular weight is 278 g/mol. The molecule has 0 atom stereocenters. The van der Waals surface area contributed by atoms with Gasteiger partial charge in [0.05, 0.1) is 24.4 Å². The fourth-order valence-corrected chi connectivity index (χ4v) is 2.45. The highest BCUT2D eigenvalue weighted by atomic mass is 32.1. The summed E-state index contributed by atoms with van der Waals surface area (Å²) in [5, 5.41) is 6.28. The van der Waals surface area contributed by atoms with E-state index >= 15 is 0 Å². The summed E-state index contributed by atoms with van der Waals surface area (Å²) in [5.41, 5.74) is 1.09. The standard InChI is InChI=1S/C14H18N2O2S/c1-15-9-11-10-19-14(16-11)6-7-18-13-5-3-4-12(8-13)17-2/h3-5,8,10,15H,6-7,9H2,1-2H3. The third-order valence-corrected chi connectivity index (χ3v) is 3.54. The van der Waals surface area contributed by atoms with Crippen LogP contribution in [0, 0.1) is 0 Å². The summed E-state index contributed by atoms with van der Waals surface area (Å²) in [6, 6.07) is 7.63. The number of ether oxygens (including phenoxy) is 2. The maximum atomic E-state index is 5.69. The monoisotopic (exact) mass is 278 g/mol. The minimum absolute atomic E-state index is 0.625. The van der Waals surface area contributed by atoms with Crippen LogP contribution in [0.15, 0.2) is 29.6 Å². The maximum absolute atomic E-state index is 5.69. The van der Waals surface area contributed by atoms with Crippen LogP contribution < -0.4 is 14.8 Å². The molecule has 4 nitrogen and oxygen atoms in total. The lowest BCUT2D eigenvalue weighted by atomic mass is 10.3. The predicted molar refractivity (Wildman–Crippen MR) is 77.1 cm³/mol. The molecular formula is C14H18N2O2S. The highest BCUT2D eigenvalue weighted by Gasteiger charge is 2.02. The molecule has 0 fully saturated rings. The summed E-state index contributed by atoms with van der Waals surface area (Å²) in [5.74, 6) is 1.63. The summed E-state index contributed by atoms with van der Waals surface area (Å²) in [6.45, 7) is 1.44. The van der Waals surface area contributed by atoms with Gasteiger partial charge in [0.1, 0.15) is 11.5 Å². The van der Waals surface area contributed by atoms with Crippen LogP contribution in [0.25, 0.3) is 0 Å². The van der Waals surface area contributed by atoms with E-state index < -0.39 is 0 Å². The van der Waals surface area contributed by atoms with E-state index in [-0.39, 0.29) is 0 Å². The van der Waals surface area contributed by atoms with Gasteiger partial charge in [-0.25, -0.2) is 4.98 Å². The number of rotatable bonds is 7. The fraction of sp³-hybridized carbons (Fsp3) is 0.357. The number of thiazole rings is 1. The topological polar surface area (TPSA) is 43.4 Å². The lowest BCUT2D eigenvalue weighted by Gasteiger charge is -2.06. The van der Waals surface area contributed by atoms with Gasteiger partial charge in [-0.15, -0.1) is 11.3 Å². The van der Waals surface area contributed by atoms with Crippen molar-refractivity contribution in [2.75, 3.05) is 20.8 Å². The average Bonchev–Trinajstić information content (AvgIpc) is 2.87. The van der Waals surface area contributed by atoms with Crippen LogP contribution >= 0.6 is 11.3 Å². The molecule has 0 saturated carbocycles. The molecule has 0 radical (unpaired) electrons. The Balaban J connectivity index is 1.81. The Labute approximate surface area is 117 Å². The number of nitrogens with one attached hydrogen (secondary N) is 1. The van der Waals surface area contributed by atoms with Crippen LogP contribution in [-0.4, -0.2) is 25.7 Å². The molecule has 2 aromatic rings. The van der Waals surface area contributed by atoms with Gasteiger partial charge in [-0.2, -0.15) is 0 Å². The van der Waals surface area contributed by atoms with Crippen LogP contribution in [0.3, 0.4) is 0 Å². The molecule has 1 aromatic carbocycles. The zero-order valence-electron chi connectivity index (χ0n) is 11.2. The van der Waals surface area contributed by atoms with Gasteiger partial charge in [-0.3, -0.25) is 0 Å². The van der Waals surface area contributed by atoms with E-state index in [1.54, 1.807) is 18.4 Å². The van der Waals surface area contributed by atoms with Crippen molar-refractivity contribution in [3.05, 3.63) is 40.3 Å². The number of benzene rings is 1. The Morgan fingerprint density at radius 3 is 2.95 bits per heavy atom. The number of hydrogen-bond acceptors (Lipinski definition) is 5. The van der Waals surface area contributed by atoms with E-state index in [9.17, 15) is 0 Å². The van der Waals surface area contributed by atoms with Crippen molar-refractivity contribution in [1.82, 2.24) is 10.3 Å². The number of hydrogen-bond donors (Lipinski definition) is 1. The molecule has 0 saturated heterocycles. The van der Waals surface area contributed by atoms with Crippen molar-refractivity contribution in [1.29, 1.82) is 0 Å². The van der Waals surface area contributed by atoms with Gasteiger partial charge in [-0.1, -0.05) is 6.07 Å². The van der Waals surface area contributed by atoms with Crippen LogP contribution in [0.2, 0.25) is 0 Å². The van der Waals surface area contributed by atoms with Crippen molar-refractivity contribution in [2.45, 2.75) is 13.0 Å². The number of methoxy groups -OCH3 is 1. The SMILES string of the molecule is CNCc1csc(CCOc2cccc(OC)c2)n1. The molecular weight excluding hydrogens is 260 g/mol. The third kappa shape index (κ3) is 4.22. The van der Waals surface area contributed by atoms with Gasteiger partial charge in [0, 0.05) is 24.4 Å². The van der Waals surface area contributed by atoms with Gasteiger partial charge in [-0.05, 0) is 19.2 Å². The first-order chi connectivity index (χ1) is 9.31. The Morgan fingerprint density at radius 2 is 2.16 bits per heavy atom. The van der Waals surface area contributed by atoms with Crippen LogP contribution in [0.5, 0.6) is 11.5 Å². The zero-order valence-corrected chi connectivity index (χ0v) is 12.0. The van der Waals surface area contributed by atoms with Crippen molar-refractivity contribution in [3.63, 3.8) is 0 Å². The van der Waals surface area contributed by atoms with E-state index in [1.807, 2.05) is 31.3 Å². The molecule has 0 bridgehead atoms. The lowest BCUT2D eigenvalue weighted by Crippen LogP contribution is -2.06. The second-order valence-corrected chi connectivity index (χ2v) is 4.98. The number of aromatic nitrogens is 1. The van der Waals surface area contributed by atoms with Crippen molar-refractivity contribution in [3.8, 4) is 11.5 Å². The smallest absolute Gasteiger partial charge is 0.123 e. The van der Waals surface area contributed by atoms with Crippen LogP contribution in [0.1, 0.15) is 10.7 Å². The molecule has 1 N–H and O–H groups in total. The predicted octanol–water partition coefficient (Wildman–Crippen LogP) is 2.49. The van der Waals surface area contributed by atoms with Crippen molar-refractivity contribution < 1.29 is 9.47 Å². The van der Waals surface area contributed by atoms with Crippen molar-refractivity contribution in [2.24, 2.45) is 0 Å². The highest BCUT2D eigenvalue weighted by Crippen LogP contribution is 2.19. The fourth-order valence-electron chi connectivity index (χ4n) is 1.67. The quantitative estimate of drug-likeness (QED) is 0.845. The van der Waals surface area contributed by atoms with E-state index in [4.69, 9.17) is 9.47 Å². The highest BCUT2D eigenvalue weighted by molar-refractivity contribution is 7.09. The van der Waals surface area contributed by atoms with Gasteiger partial charge in [0.2, 0.25) is 0 Å². The Morgan fingerprint density at radius 1 is 1.32 bits per heavy atom. The van der Waals surface area contributed by atoms with Crippen LogP contribution in [0.4, 0.5) is 0 Å². The molecule has 2 rings (SSSR count). The summed E-state index contributed by atoms with van der Waals surface area (Å²) in [7, 11) is 3.57. The second kappa shape index (κ2) is 7.11. The van der Waals surface area contributed by atoms with Gasteiger partial charge >= 0.3 is 0 Å². The van der Waals surface area contributed by atoms with Crippen molar-refractivity contribution >= 4 is 11.3 Å². The normalized spacial score (nSPS) is 10.4. The van der Waals surface area contributed by atoms with Gasteiger partial charge < -0.3 is 14.8 Å². The summed E-state index contributed by atoms with van der Waals surface area (Å²) in [6.07, 6.45) is 0.825. The summed E-state index contributed by atoms with van der Waals surface area (Å²) >= 11 is 1.68. The molecule has 0 aliphatic rings. The van der Waals surface area contributed by atoms with Gasteiger partial charge in [0.15, 0.2) is 0 Å². The molecule has 5 heteroatoms. The summed E-state index contributed by atoms with van der Waals surface area (Å²) < 4.78 is 10.8. The summed E-state index contributed by atoms with van der Waals surface area (Å²) in [4.78, 5) is 4.52. The molecule has 0 spiro atoms. The van der Waals surface area contributed by atoms with E-state index in [2.05, 4.69) is 15.7 Å². The Hall–Kier alpha value is -1.59. The molecule has 0 aliphatic heterocycles. The largest absolute Gasteiger partial charge is 0.497 e.